The van der Waals surface area contributed by atoms with E-state index in [1.54, 1.807) is 6.92 Å². The normalized spacial score (nSPS) is 12.4. The molecule has 0 aliphatic carbocycles. The maximum atomic E-state index is 9.65. The molecule has 0 amide bonds. The van der Waals surface area contributed by atoms with Crippen molar-refractivity contribution in [2.75, 3.05) is 6.61 Å². The minimum atomic E-state index is -0.467. The van der Waals surface area contributed by atoms with Crippen LogP contribution in [-0.2, 0) is 0 Å². The summed E-state index contributed by atoms with van der Waals surface area (Å²) in [5.41, 5.74) is 0.880. The van der Waals surface area contributed by atoms with Gasteiger partial charge in [0, 0.05) is 5.56 Å². The third-order valence-corrected chi connectivity index (χ3v) is 3.37. The molecule has 0 bridgehead atoms. The molecule has 1 atom stereocenters. The molecule has 0 heterocycles. The highest BCUT2D eigenvalue weighted by Crippen LogP contribution is 2.24. The summed E-state index contributed by atoms with van der Waals surface area (Å²) >= 11 is 0. The first-order valence-electron chi connectivity index (χ1n) is 7.65. The number of unbranched alkanes of at least 4 members (excludes halogenated alkanes) is 6. The Morgan fingerprint density at radius 1 is 1.00 bits per heavy atom. The van der Waals surface area contributed by atoms with Crippen molar-refractivity contribution in [3.8, 4) is 5.75 Å². The Labute approximate surface area is 117 Å². The van der Waals surface area contributed by atoms with E-state index < -0.39 is 6.10 Å². The molecule has 0 aromatic heterocycles. The summed E-state index contributed by atoms with van der Waals surface area (Å²) in [6.45, 7) is 4.76. The molecular formula is C17H28O2. The van der Waals surface area contributed by atoms with Crippen molar-refractivity contribution in [1.82, 2.24) is 0 Å². The minimum absolute atomic E-state index is 0.467. The molecular weight excluding hydrogens is 236 g/mol. The van der Waals surface area contributed by atoms with Gasteiger partial charge in [-0.05, 0) is 19.4 Å². The summed E-state index contributed by atoms with van der Waals surface area (Å²) in [6.07, 6.45) is 8.55. The Morgan fingerprint density at radius 3 is 2.32 bits per heavy atom. The third-order valence-electron chi connectivity index (χ3n) is 3.37. The number of para-hydroxylation sites is 1. The molecule has 0 unspecified atom stereocenters. The van der Waals surface area contributed by atoms with Gasteiger partial charge in [-0.25, -0.2) is 0 Å². The fourth-order valence-corrected chi connectivity index (χ4v) is 2.20. The highest BCUT2D eigenvalue weighted by molar-refractivity contribution is 5.34. The van der Waals surface area contributed by atoms with E-state index in [0.29, 0.717) is 0 Å². The number of aliphatic hydroxyl groups excluding tert-OH is 1. The van der Waals surface area contributed by atoms with Crippen LogP contribution in [0.25, 0.3) is 0 Å². The molecule has 0 saturated carbocycles. The maximum Gasteiger partial charge on any atom is 0.125 e. The van der Waals surface area contributed by atoms with Crippen LogP contribution in [0, 0.1) is 0 Å². The Kier molecular flexibility index (Phi) is 8.31. The van der Waals surface area contributed by atoms with E-state index >= 15 is 0 Å². The van der Waals surface area contributed by atoms with Gasteiger partial charge in [-0.1, -0.05) is 63.6 Å². The SMILES string of the molecule is CCCCCCCCCOc1ccccc1[C@H](C)O. The summed E-state index contributed by atoms with van der Waals surface area (Å²) < 4.78 is 5.77. The lowest BCUT2D eigenvalue weighted by atomic mass is 10.1. The van der Waals surface area contributed by atoms with Gasteiger partial charge in [0.1, 0.15) is 5.75 Å². The lowest BCUT2D eigenvalue weighted by Gasteiger charge is -2.13. The van der Waals surface area contributed by atoms with Crippen molar-refractivity contribution in [1.29, 1.82) is 0 Å². The van der Waals surface area contributed by atoms with Crippen molar-refractivity contribution in [3.63, 3.8) is 0 Å². The number of hydrogen-bond acceptors (Lipinski definition) is 2. The van der Waals surface area contributed by atoms with Gasteiger partial charge < -0.3 is 9.84 Å². The van der Waals surface area contributed by atoms with Gasteiger partial charge in [0.25, 0.3) is 0 Å². The second-order valence-electron chi connectivity index (χ2n) is 5.18. The van der Waals surface area contributed by atoms with Crippen LogP contribution in [0.2, 0.25) is 0 Å². The van der Waals surface area contributed by atoms with E-state index in [-0.39, 0.29) is 0 Å². The molecule has 1 aromatic carbocycles. The fourth-order valence-electron chi connectivity index (χ4n) is 2.20. The molecule has 0 spiro atoms. The fraction of sp³-hybridized carbons (Fsp3) is 0.647. The molecule has 1 rings (SSSR count). The molecule has 2 nitrogen and oxygen atoms in total. The van der Waals surface area contributed by atoms with Gasteiger partial charge in [-0.2, -0.15) is 0 Å². The van der Waals surface area contributed by atoms with Gasteiger partial charge in [0.15, 0.2) is 0 Å². The second kappa shape index (κ2) is 9.85. The monoisotopic (exact) mass is 264 g/mol. The number of aliphatic hydroxyl groups is 1. The lowest BCUT2D eigenvalue weighted by molar-refractivity contribution is 0.190. The van der Waals surface area contributed by atoms with Crippen LogP contribution in [0.4, 0.5) is 0 Å². The zero-order valence-corrected chi connectivity index (χ0v) is 12.4. The average Bonchev–Trinajstić information content (AvgIpc) is 2.42. The van der Waals surface area contributed by atoms with E-state index in [1.807, 2.05) is 24.3 Å². The van der Waals surface area contributed by atoms with Crippen LogP contribution in [0.15, 0.2) is 24.3 Å². The van der Waals surface area contributed by atoms with Gasteiger partial charge in [0.05, 0.1) is 12.7 Å². The minimum Gasteiger partial charge on any atom is -0.493 e. The summed E-state index contributed by atoms with van der Waals surface area (Å²) in [7, 11) is 0. The van der Waals surface area contributed by atoms with Crippen LogP contribution in [0.1, 0.15) is 70.5 Å². The van der Waals surface area contributed by atoms with E-state index in [2.05, 4.69) is 6.92 Å². The largest absolute Gasteiger partial charge is 0.493 e. The molecule has 2 heteroatoms. The topological polar surface area (TPSA) is 29.5 Å². The molecule has 19 heavy (non-hydrogen) atoms. The molecule has 1 aromatic rings. The van der Waals surface area contributed by atoms with E-state index in [4.69, 9.17) is 4.74 Å². The first-order chi connectivity index (χ1) is 9.25. The van der Waals surface area contributed by atoms with Gasteiger partial charge >= 0.3 is 0 Å². The molecule has 1 N–H and O–H groups in total. The molecule has 0 fully saturated rings. The molecule has 0 radical (unpaired) electrons. The smallest absolute Gasteiger partial charge is 0.125 e. The van der Waals surface area contributed by atoms with Crippen molar-refractivity contribution < 1.29 is 9.84 Å². The number of rotatable bonds is 10. The summed E-state index contributed by atoms with van der Waals surface area (Å²) in [5.74, 6) is 0.823. The van der Waals surface area contributed by atoms with Crippen molar-refractivity contribution in [2.45, 2.75) is 64.9 Å². The maximum absolute atomic E-state index is 9.65. The average molecular weight is 264 g/mol. The van der Waals surface area contributed by atoms with E-state index in [9.17, 15) is 5.11 Å². The predicted octanol–water partition coefficient (Wildman–Crippen LogP) is 4.87. The van der Waals surface area contributed by atoms with Crippen molar-refractivity contribution in [2.24, 2.45) is 0 Å². The van der Waals surface area contributed by atoms with Crippen LogP contribution in [0.5, 0.6) is 5.75 Å². The first-order valence-corrected chi connectivity index (χ1v) is 7.65. The molecule has 0 saturated heterocycles. The van der Waals surface area contributed by atoms with Gasteiger partial charge in [-0.15, -0.1) is 0 Å². The van der Waals surface area contributed by atoms with Crippen LogP contribution in [0.3, 0.4) is 0 Å². The Hall–Kier alpha value is -1.02. The van der Waals surface area contributed by atoms with E-state index in [1.165, 1.54) is 38.5 Å². The number of ether oxygens (including phenoxy) is 1. The van der Waals surface area contributed by atoms with Gasteiger partial charge in [0.2, 0.25) is 0 Å². The van der Waals surface area contributed by atoms with Crippen LogP contribution < -0.4 is 4.74 Å². The zero-order chi connectivity index (χ0) is 13.9. The quantitative estimate of drug-likeness (QED) is 0.611. The highest BCUT2D eigenvalue weighted by atomic mass is 16.5. The first kappa shape index (κ1) is 16.0. The standard InChI is InChI=1S/C17H28O2/c1-3-4-5-6-7-8-11-14-19-17-13-10-9-12-16(17)15(2)18/h9-10,12-13,15,18H,3-8,11,14H2,1-2H3/t15-/m0/s1. The van der Waals surface area contributed by atoms with Crippen LogP contribution >= 0.6 is 0 Å². The van der Waals surface area contributed by atoms with Gasteiger partial charge in [-0.3, -0.25) is 0 Å². The Bertz CT molecular complexity index is 334. The number of benzene rings is 1. The number of hydrogen-bond donors (Lipinski definition) is 1. The molecule has 0 aliphatic heterocycles. The third kappa shape index (κ3) is 6.63. The van der Waals surface area contributed by atoms with Crippen LogP contribution in [-0.4, -0.2) is 11.7 Å². The second-order valence-corrected chi connectivity index (χ2v) is 5.18. The molecule has 0 aliphatic rings. The summed E-state index contributed by atoms with van der Waals surface area (Å²) in [6, 6.07) is 7.74. The van der Waals surface area contributed by atoms with E-state index in [0.717, 1.165) is 24.3 Å². The lowest BCUT2D eigenvalue weighted by Crippen LogP contribution is -2.02. The van der Waals surface area contributed by atoms with Crippen molar-refractivity contribution >= 4 is 0 Å². The summed E-state index contributed by atoms with van der Waals surface area (Å²) in [5, 5.41) is 9.65. The highest BCUT2D eigenvalue weighted by Gasteiger charge is 2.07. The molecule has 108 valence electrons. The zero-order valence-electron chi connectivity index (χ0n) is 12.4. The summed E-state index contributed by atoms with van der Waals surface area (Å²) in [4.78, 5) is 0. The van der Waals surface area contributed by atoms with Crippen molar-refractivity contribution in [3.05, 3.63) is 29.8 Å². The Morgan fingerprint density at radius 2 is 1.63 bits per heavy atom. The predicted molar refractivity (Wildman–Crippen MR) is 80.6 cm³/mol. The Balaban J connectivity index is 2.16.